The van der Waals surface area contributed by atoms with Crippen molar-refractivity contribution in [1.82, 2.24) is 4.72 Å². The van der Waals surface area contributed by atoms with Crippen molar-refractivity contribution < 1.29 is 13.2 Å². The quantitative estimate of drug-likeness (QED) is 0.804. The Kier molecular flexibility index (Phi) is 2.55. The van der Waals surface area contributed by atoms with E-state index in [2.05, 4.69) is 6.58 Å². The van der Waals surface area contributed by atoms with E-state index >= 15 is 0 Å². The van der Waals surface area contributed by atoms with Gasteiger partial charge in [-0.3, -0.25) is 4.79 Å². The fourth-order valence-corrected chi connectivity index (χ4v) is 2.96. The highest BCUT2D eigenvalue weighted by molar-refractivity contribution is 7.90. The second-order valence-corrected chi connectivity index (χ2v) is 5.20. The number of rotatable bonds is 3. The number of hydrogen-bond donors (Lipinski definition) is 1. The normalized spacial score (nSPS) is 16.6. The highest BCUT2D eigenvalue weighted by atomic mass is 32.2. The zero-order chi connectivity index (χ0) is 11.8. The van der Waals surface area contributed by atoms with Gasteiger partial charge in [0.05, 0.1) is 5.56 Å². The van der Waals surface area contributed by atoms with Crippen molar-refractivity contribution in [3.05, 3.63) is 42.0 Å². The summed E-state index contributed by atoms with van der Waals surface area (Å²) in [5.41, 5.74) is 1.03. The molecular formula is C11H11NO3S. The Balaban J connectivity index is 2.57. The monoisotopic (exact) mass is 237 g/mol. The van der Waals surface area contributed by atoms with Crippen LogP contribution in [0.5, 0.6) is 0 Å². The van der Waals surface area contributed by atoms with E-state index in [0.717, 1.165) is 5.56 Å². The molecule has 5 heteroatoms. The van der Waals surface area contributed by atoms with E-state index in [0.29, 0.717) is 12.8 Å². The van der Waals surface area contributed by atoms with Gasteiger partial charge in [0.15, 0.2) is 0 Å². The van der Waals surface area contributed by atoms with Gasteiger partial charge in [0.25, 0.3) is 15.9 Å². The van der Waals surface area contributed by atoms with Gasteiger partial charge in [-0.15, -0.1) is 6.58 Å². The topological polar surface area (TPSA) is 63.2 Å². The van der Waals surface area contributed by atoms with Gasteiger partial charge < -0.3 is 0 Å². The number of aryl methyl sites for hydroxylation is 1. The molecule has 0 aromatic heterocycles. The van der Waals surface area contributed by atoms with E-state index in [1.54, 1.807) is 18.2 Å². The lowest BCUT2D eigenvalue weighted by Gasteiger charge is -2.02. The predicted octanol–water partition coefficient (Wildman–Crippen LogP) is 1.24. The number of fused-ring (bicyclic) bond motifs is 1. The molecule has 1 amide bonds. The molecule has 1 aliphatic rings. The highest BCUT2D eigenvalue weighted by Gasteiger charge is 2.33. The minimum atomic E-state index is -3.63. The molecule has 1 heterocycles. The molecule has 1 aromatic rings. The lowest BCUT2D eigenvalue weighted by Crippen LogP contribution is -2.21. The van der Waals surface area contributed by atoms with Crippen molar-refractivity contribution in [2.24, 2.45) is 0 Å². The Hall–Kier alpha value is -1.62. The van der Waals surface area contributed by atoms with Crippen molar-refractivity contribution in [1.29, 1.82) is 0 Å². The predicted molar refractivity (Wildman–Crippen MR) is 59.6 cm³/mol. The zero-order valence-electron chi connectivity index (χ0n) is 8.56. The van der Waals surface area contributed by atoms with Crippen LogP contribution in [0, 0.1) is 0 Å². The molecular weight excluding hydrogens is 226 g/mol. The Labute approximate surface area is 94.0 Å². The summed E-state index contributed by atoms with van der Waals surface area (Å²) in [4.78, 5) is 11.6. The van der Waals surface area contributed by atoms with Gasteiger partial charge in [0.2, 0.25) is 0 Å². The average molecular weight is 237 g/mol. The first kappa shape index (κ1) is 10.9. The molecule has 1 aliphatic heterocycles. The molecule has 84 valence electrons. The van der Waals surface area contributed by atoms with Gasteiger partial charge in [0.1, 0.15) is 4.90 Å². The number of benzene rings is 1. The van der Waals surface area contributed by atoms with E-state index in [9.17, 15) is 13.2 Å². The van der Waals surface area contributed by atoms with Gasteiger partial charge in [-0.1, -0.05) is 18.2 Å². The molecule has 1 N–H and O–H groups in total. The highest BCUT2D eigenvalue weighted by Crippen LogP contribution is 2.26. The van der Waals surface area contributed by atoms with Gasteiger partial charge in [-0.05, 0) is 24.5 Å². The average Bonchev–Trinajstić information content (AvgIpc) is 2.47. The molecule has 0 aliphatic carbocycles. The number of hydrogen-bond acceptors (Lipinski definition) is 3. The van der Waals surface area contributed by atoms with Gasteiger partial charge in [0, 0.05) is 0 Å². The number of carbonyl (C=O) groups is 1. The minimum Gasteiger partial charge on any atom is -0.268 e. The molecule has 1 aromatic carbocycles. The fraction of sp³-hybridized carbons (Fsp3) is 0.182. The van der Waals surface area contributed by atoms with Crippen LogP contribution >= 0.6 is 0 Å². The van der Waals surface area contributed by atoms with Gasteiger partial charge in [-0.2, -0.15) is 0 Å². The van der Waals surface area contributed by atoms with Crippen molar-refractivity contribution in [2.45, 2.75) is 17.7 Å². The zero-order valence-corrected chi connectivity index (χ0v) is 9.38. The van der Waals surface area contributed by atoms with Crippen LogP contribution in [-0.4, -0.2) is 14.3 Å². The van der Waals surface area contributed by atoms with Crippen LogP contribution < -0.4 is 4.72 Å². The standard InChI is InChI=1S/C11H11NO3S/c1-2-3-5-8-6-4-7-9-10(8)11(13)12-16(9,14)15/h2,4,6-7H,1,3,5H2,(H,12,13). The fourth-order valence-electron chi connectivity index (χ4n) is 1.75. The summed E-state index contributed by atoms with van der Waals surface area (Å²) in [5.74, 6) is -0.533. The summed E-state index contributed by atoms with van der Waals surface area (Å²) < 4.78 is 25.1. The van der Waals surface area contributed by atoms with E-state index in [-0.39, 0.29) is 10.5 Å². The summed E-state index contributed by atoms with van der Waals surface area (Å²) in [6.07, 6.45) is 3.07. The molecule has 0 saturated heterocycles. The van der Waals surface area contributed by atoms with E-state index in [1.165, 1.54) is 6.07 Å². The Bertz CT molecular complexity index is 561. The maximum atomic E-state index is 11.5. The SMILES string of the molecule is C=CCCc1cccc2c1C(=O)NS2(=O)=O. The second kappa shape index (κ2) is 3.75. The molecule has 2 rings (SSSR count). The molecule has 0 unspecified atom stereocenters. The maximum Gasteiger partial charge on any atom is 0.266 e. The summed E-state index contributed by atoms with van der Waals surface area (Å²) in [7, 11) is -3.63. The Morgan fingerprint density at radius 1 is 1.38 bits per heavy atom. The van der Waals surface area contributed by atoms with Crippen LogP contribution in [-0.2, 0) is 16.4 Å². The van der Waals surface area contributed by atoms with Crippen molar-refractivity contribution in [3.63, 3.8) is 0 Å². The Morgan fingerprint density at radius 2 is 2.12 bits per heavy atom. The summed E-state index contributed by atoms with van der Waals surface area (Å²) in [6.45, 7) is 3.60. The van der Waals surface area contributed by atoms with Crippen molar-refractivity contribution >= 4 is 15.9 Å². The molecule has 16 heavy (non-hydrogen) atoms. The number of nitrogens with one attached hydrogen (secondary N) is 1. The van der Waals surface area contributed by atoms with Crippen LogP contribution in [0.25, 0.3) is 0 Å². The first-order valence-corrected chi connectivity index (χ1v) is 6.34. The maximum absolute atomic E-state index is 11.5. The third-order valence-electron chi connectivity index (χ3n) is 2.47. The van der Waals surface area contributed by atoms with Crippen LogP contribution in [0.1, 0.15) is 22.3 Å². The third kappa shape index (κ3) is 1.63. The van der Waals surface area contributed by atoms with E-state index < -0.39 is 15.9 Å². The lowest BCUT2D eigenvalue weighted by molar-refractivity contribution is 0.0984. The summed E-state index contributed by atoms with van der Waals surface area (Å²) in [6, 6.07) is 4.86. The first-order valence-electron chi connectivity index (χ1n) is 4.86. The minimum absolute atomic E-state index is 0.0825. The van der Waals surface area contributed by atoms with E-state index in [4.69, 9.17) is 0 Å². The molecule has 0 bridgehead atoms. The van der Waals surface area contributed by atoms with Gasteiger partial charge in [-0.25, -0.2) is 13.1 Å². The summed E-state index contributed by atoms with van der Waals surface area (Å²) in [5, 5.41) is 0. The number of allylic oxidation sites excluding steroid dienone is 1. The largest absolute Gasteiger partial charge is 0.268 e. The third-order valence-corrected chi connectivity index (χ3v) is 3.85. The van der Waals surface area contributed by atoms with Crippen LogP contribution in [0.2, 0.25) is 0 Å². The number of amides is 1. The van der Waals surface area contributed by atoms with Gasteiger partial charge >= 0.3 is 0 Å². The molecule has 0 fully saturated rings. The molecule has 0 saturated carbocycles. The molecule has 4 nitrogen and oxygen atoms in total. The smallest absolute Gasteiger partial charge is 0.266 e. The van der Waals surface area contributed by atoms with Crippen LogP contribution in [0.4, 0.5) is 0 Å². The molecule has 0 spiro atoms. The Morgan fingerprint density at radius 3 is 2.81 bits per heavy atom. The summed E-state index contributed by atoms with van der Waals surface area (Å²) >= 11 is 0. The number of carbonyl (C=O) groups excluding carboxylic acids is 1. The molecule has 0 radical (unpaired) electrons. The molecule has 0 atom stereocenters. The van der Waals surface area contributed by atoms with Crippen molar-refractivity contribution in [2.75, 3.05) is 0 Å². The van der Waals surface area contributed by atoms with Crippen LogP contribution in [0.3, 0.4) is 0 Å². The van der Waals surface area contributed by atoms with Crippen molar-refractivity contribution in [3.8, 4) is 0 Å². The lowest BCUT2D eigenvalue weighted by atomic mass is 10.0. The van der Waals surface area contributed by atoms with Crippen LogP contribution in [0.15, 0.2) is 35.7 Å². The number of sulfonamides is 1. The van der Waals surface area contributed by atoms with E-state index in [1.807, 2.05) is 4.72 Å². The second-order valence-electron chi connectivity index (χ2n) is 3.55. The first-order chi connectivity index (χ1) is 7.56.